The van der Waals surface area contributed by atoms with Crippen LogP contribution in [0.5, 0.6) is 0 Å². The van der Waals surface area contributed by atoms with Gasteiger partial charge in [-0.15, -0.1) is 0 Å². The highest BCUT2D eigenvalue weighted by atomic mass is 16.4. The predicted octanol–water partition coefficient (Wildman–Crippen LogP) is -0.631. The van der Waals surface area contributed by atoms with E-state index in [1.165, 1.54) is 0 Å². The first kappa shape index (κ1) is 9.74. The van der Waals surface area contributed by atoms with Gasteiger partial charge in [0.25, 0.3) is 0 Å². The molecule has 0 bridgehead atoms. The maximum absolute atomic E-state index is 10.4. The second-order valence-electron chi connectivity index (χ2n) is 2.42. The summed E-state index contributed by atoms with van der Waals surface area (Å²) in [7, 11) is 0. The third-order valence-electron chi connectivity index (χ3n) is 1.47. The lowest BCUT2D eigenvalue weighted by Gasteiger charge is -2.10. The summed E-state index contributed by atoms with van der Waals surface area (Å²) in [5.74, 6) is -1.54. The van der Waals surface area contributed by atoms with E-state index in [1.54, 1.807) is 13.8 Å². The molecule has 0 saturated carbocycles. The normalized spacial score (nSPS) is 15.1. The number of aliphatic carboxylic acids is 1. The van der Waals surface area contributed by atoms with Gasteiger partial charge >= 0.3 is 5.97 Å². The molecule has 0 aromatic carbocycles. The molecule has 5 nitrogen and oxygen atoms in total. The lowest BCUT2D eigenvalue weighted by atomic mass is 10.1. The zero-order valence-corrected chi connectivity index (χ0v) is 6.61. The van der Waals surface area contributed by atoms with Crippen molar-refractivity contribution in [3.8, 4) is 0 Å². The first-order chi connectivity index (χ1) is 4.95. The Morgan fingerprint density at radius 3 is 2.18 bits per heavy atom. The fourth-order valence-corrected chi connectivity index (χ4v) is 0.553. The van der Waals surface area contributed by atoms with Gasteiger partial charge < -0.3 is 16.6 Å². The van der Waals surface area contributed by atoms with Gasteiger partial charge in [-0.3, -0.25) is 4.79 Å². The molecule has 11 heavy (non-hydrogen) atoms. The van der Waals surface area contributed by atoms with E-state index < -0.39 is 11.9 Å². The molecule has 64 valence electrons. The van der Waals surface area contributed by atoms with E-state index in [0.717, 1.165) is 0 Å². The fraction of sp³-hybridized carbons (Fsp3) is 0.667. The fourth-order valence-electron chi connectivity index (χ4n) is 0.553. The van der Waals surface area contributed by atoms with Crippen LogP contribution in [0.2, 0.25) is 0 Å². The molecule has 0 saturated heterocycles. The quantitative estimate of drug-likeness (QED) is 0.377. The van der Waals surface area contributed by atoms with Crippen LogP contribution in [0.4, 0.5) is 0 Å². The topological polar surface area (TPSA) is 102 Å². The van der Waals surface area contributed by atoms with Gasteiger partial charge in [-0.1, -0.05) is 0 Å². The lowest BCUT2D eigenvalue weighted by molar-refractivity contribution is -0.141. The van der Waals surface area contributed by atoms with E-state index in [9.17, 15) is 4.79 Å². The minimum absolute atomic E-state index is 0.0781. The third kappa shape index (κ3) is 3.44. The molecule has 0 aliphatic rings. The van der Waals surface area contributed by atoms with Crippen molar-refractivity contribution in [2.75, 3.05) is 0 Å². The van der Waals surface area contributed by atoms with Crippen LogP contribution in [-0.4, -0.2) is 23.1 Å². The van der Waals surface area contributed by atoms with Gasteiger partial charge in [0.15, 0.2) is 5.96 Å². The molecule has 0 amide bonds. The highest BCUT2D eigenvalue weighted by Crippen LogP contribution is 2.05. The summed E-state index contributed by atoms with van der Waals surface area (Å²) >= 11 is 0. The first-order valence-electron chi connectivity index (χ1n) is 3.26. The number of guanidine groups is 1. The SMILES string of the molecule is C[C@H](C(=O)O)[C@@H](C)N=C(N)N. The maximum atomic E-state index is 10.4. The summed E-state index contributed by atoms with van der Waals surface area (Å²) < 4.78 is 0. The Balaban J connectivity index is 4.14. The van der Waals surface area contributed by atoms with Gasteiger partial charge in [0, 0.05) is 0 Å². The summed E-state index contributed by atoms with van der Waals surface area (Å²) in [4.78, 5) is 14.1. The van der Waals surface area contributed by atoms with Crippen molar-refractivity contribution in [3.05, 3.63) is 0 Å². The molecule has 2 atom stereocenters. The Labute approximate surface area is 65.1 Å². The molecule has 0 rings (SSSR count). The van der Waals surface area contributed by atoms with Crippen molar-refractivity contribution in [1.82, 2.24) is 0 Å². The number of nitrogens with zero attached hydrogens (tertiary/aromatic N) is 1. The molecule has 0 spiro atoms. The van der Waals surface area contributed by atoms with E-state index >= 15 is 0 Å². The summed E-state index contributed by atoms with van der Waals surface area (Å²) in [6, 6.07) is -0.377. The van der Waals surface area contributed by atoms with E-state index in [2.05, 4.69) is 4.99 Å². The van der Waals surface area contributed by atoms with Gasteiger partial charge in [-0.05, 0) is 13.8 Å². The molecule has 0 unspecified atom stereocenters. The molecule has 0 fully saturated rings. The Kier molecular flexibility index (Phi) is 3.36. The van der Waals surface area contributed by atoms with Crippen molar-refractivity contribution < 1.29 is 9.90 Å². The number of aliphatic imine (C=N–C) groups is 1. The standard InChI is InChI=1S/C6H13N3O2/c1-3(5(10)11)4(2)9-6(7)8/h3-4H,1-2H3,(H,10,11)(H4,7,8,9)/t3-,4+/m0/s1. The summed E-state index contributed by atoms with van der Waals surface area (Å²) in [5, 5.41) is 8.51. The van der Waals surface area contributed by atoms with Crippen molar-refractivity contribution in [3.63, 3.8) is 0 Å². The Morgan fingerprint density at radius 1 is 1.45 bits per heavy atom. The van der Waals surface area contributed by atoms with Gasteiger partial charge in [-0.2, -0.15) is 0 Å². The van der Waals surface area contributed by atoms with E-state index in [1.807, 2.05) is 0 Å². The number of hydrogen-bond donors (Lipinski definition) is 3. The minimum atomic E-state index is -0.900. The largest absolute Gasteiger partial charge is 0.481 e. The van der Waals surface area contributed by atoms with Crippen molar-refractivity contribution in [2.45, 2.75) is 19.9 Å². The Morgan fingerprint density at radius 2 is 1.91 bits per heavy atom. The average Bonchev–Trinajstić information content (AvgIpc) is 1.84. The van der Waals surface area contributed by atoms with E-state index in [-0.39, 0.29) is 12.0 Å². The van der Waals surface area contributed by atoms with Crippen molar-refractivity contribution >= 4 is 11.9 Å². The Bertz CT molecular complexity index is 175. The van der Waals surface area contributed by atoms with Crippen LogP contribution >= 0.6 is 0 Å². The highest BCUT2D eigenvalue weighted by molar-refractivity contribution is 5.77. The third-order valence-corrected chi connectivity index (χ3v) is 1.47. The van der Waals surface area contributed by atoms with Crippen LogP contribution in [-0.2, 0) is 4.79 Å². The van der Waals surface area contributed by atoms with Crippen LogP contribution in [0.3, 0.4) is 0 Å². The van der Waals surface area contributed by atoms with E-state index in [0.29, 0.717) is 0 Å². The first-order valence-corrected chi connectivity index (χ1v) is 3.26. The zero-order valence-electron chi connectivity index (χ0n) is 6.61. The second kappa shape index (κ2) is 3.80. The van der Waals surface area contributed by atoms with Crippen molar-refractivity contribution in [2.24, 2.45) is 22.4 Å². The average molecular weight is 159 g/mol. The zero-order chi connectivity index (χ0) is 9.02. The van der Waals surface area contributed by atoms with Gasteiger partial charge in [0.05, 0.1) is 12.0 Å². The molecule has 5 heteroatoms. The molecule has 0 aliphatic heterocycles. The number of carboxylic acid groups (broad SMARTS) is 1. The van der Waals surface area contributed by atoms with Crippen LogP contribution in [0.15, 0.2) is 4.99 Å². The molecular formula is C6H13N3O2. The van der Waals surface area contributed by atoms with Gasteiger partial charge in [-0.25, -0.2) is 4.99 Å². The molecule has 0 heterocycles. The van der Waals surface area contributed by atoms with Crippen LogP contribution in [0.1, 0.15) is 13.8 Å². The van der Waals surface area contributed by atoms with Crippen LogP contribution < -0.4 is 11.5 Å². The predicted molar refractivity (Wildman–Crippen MR) is 42.1 cm³/mol. The minimum Gasteiger partial charge on any atom is -0.481 e. The van der Waals surface area contributed by atoms with Crippen LogP contribution in [0, 0.1) is 5.92 Å². The summed E-state index contributed by atoms with van der Waals surface area (Å²) in [6.07, 6.45) is 0. The van der Waals surface area contributed by atoms with Gasteiger partial charge in [0.2, 0.25) is 0 Å². The van der Waals surface area contributed by atoms with Crippen LogP contribution in [0.25, 0.3) is 0 Å². The smallest absolute Gasteiger partial charge is 0.308 e. The Hall–Kier alpha value is -1.26. The maximum Gasteiger partial charge on any atom is 0.308 e. The molecular weight excluding hydrogens is 146 g/mol. The monoisotopic (exact) mass is 159 g/mol. The molecule has 5 N–H and O–H groups in total. The number of rotatable bonds is 3. The van der Waals surface area contributed by atoms with Crippen molar-refractivity contribution in [1.29, 1.82) is 0 Å². The summed E-state index contributed by atoms with van der Waals surface area (Å²) in [5.41, 5.74) is 10.1. The molecule has 0 radical (unpaired) electrons. The molecule has 0 aromatic rings. The second-order valence-corrected chi connectivity index (χ2v) is 2.42. The summed E-state index contributed by atoms with van der Waals surface area (Å²) in [6.45, 7) is 3.21. The number of nitrogens with two attached hydrogens (primary N) is 2. The number of carboxylic acids is 1. The lowest BCUT2D eigenvalue weighted by Crippen LogP contribution is -2.29. The molecule has 0 aliphatic carbocycles. The van der Waals surface area contributed by atoms with Gasteiger partial charge in [0.1, 0.15) is 0 Å². The number of hydrogen-bond acceptors (Lipinski definition) is 2. The highest BCUT2D eigenvalue weighted by Gasteiger charge is 2.18. The number of carbonyl (C=O) groups is 1. The van der Waals surface area contributed by atoms with E-state index in [4.69, 9.17) is 16.6 Å². The molecule has 0 aromatic heterocycles.